The molecule has 0 saturated carbocycles. The van der Waals surface area contributed by atoms with E-state index in [0.29, 0.717) is 17.0 Å². The fraction of sp³-hybridized carbons (Fsp3) is 0.250. The first kappa shape index (κ1) is 19.9. The number of carbonyl (C=O) groups is 3. The van der Waals surface area contributed by atoms with Crippen LogP contribution in [0.3, 0.4) is 0 Å². The highest BCUT2D eigenvalue weighted by Gasteiger charge is 2.55. The number of urea groups is 1. The Balaban J connectivity index is 1.50. The Morgan fingerprint density at radius 3 is 2.57 bits per heavy atom. The van der Waals surface area contributed by atoms with Crippen molar-refractivity contribution in [1.29, 1.82) is 0 Å². The zero-order chi connectivity index (χ0) is 21.5. The smallest absolute Gasteiger partial charge is 0.325 e. The first-order chi connectivity index (χ1) is 14.2. The van der Waals surface area contributed by atoms with Gasteiger partial charge >= 0.3 is 6.03 Å². The van der Waals surface area contributed by atoms with E-state index in [-0.39, 0.29) is 17.9 Å². The van der Waals surface area contributed by atoms with E-state index >= 15 is 0 Å². The number of ether oxygens (including phenoxy) is 1. The maximum Gasteiger partial charge on any atom is 0.325 e. The second kappa shape index (κ2) is 7.13. The van der Waals surface area contributed by atoms with Gasteiger partial charge < -0.3 is 15.4 Å². The van der Waals surface area contributed by atoms with Gasteiger partial charge in [0.05, 0.1) is 11.5 Å². The second-order valence-electron chi connectivity index (χ2n) is 7.17. The number of nitrogens with zero attached hydrogens (tertiary/aromatic N) is 1. The van der Waals surface area contributed by atoms with E-state index in [0.717, 1.165) is 11.2 Å². The maximum absolute atomic E-state index is 13.1. The normalized spacial score (nSPS) is 20.5. The lowest BCUT2D eigenvalue weighted by molar-refractivity contribution is -0.135. The van der Waals surface area contributed by atoms with E-state index in [1.54, 1.807) is 24.3 Å². The third-order valence-electron chi connectivity index (χ3n) is 5.13. The number of rotatable bonds is 4. The lowest BCUT2D eigenvalue weighted by atomic mass is 9.84. The molecule has 4 rings (SSSR count). The number of nitrogens with one attached hydrogen (secondary N) is 2. The molecular formula is C20H19N3O6S. The van der Waals surface area contributed by atoms with Gasteiger partial charge in [0.2, 0.25) is 5.91 Å². The van der Waals surface area contributed by atoms with Crippen LogP contribution >= 0.6 is 0 Å². The van der Waals surface area contributed by atoms with Crippen LogP contribution in [0, 0.1) is 0 Å². The highest BCUT2D eigenvalue weighted by atomic mass is 32.2. The van der Waals surface area contributed by atoms with Crippen LogP contribution in [-0.2, 0) is 25.0 Å². The van der Waals surface area contributed by atoms with Gasteiger partial charge in [0, 0.05) is 23.9 Å². The summed E-state index contributed by atoms with van der Waals surface area (Å²) in [5.41, 5.74) is -0.331. The Labute approximate surface area is 172 Å². The number of carbonyl (C=O) groups excluding carboxylic acids is 3. The number of amides is 4. The molecule has 2 aromatic carbocycles. The molecular weight excluding hydrogens is 410 g/mol. The summed E-state index contributed by atoms with van der Waals surface area (Å²) in [4.78, 5) is 39.1. The SMILES string of the molecule is CS(=O)(=O)c1ccc(NC(=O)CN2C(=O)NC3(CCOc4ccccc43)C2=O)cc1. The van der Waals surface area contributed by atoms with E-state index in [1.165, 1.54) is 24.3 Å². The van der Waals surface area contributed by atoms with Gasteiger partial charge in [-0.1, -0.05) is 18.2 Å². The monoisotopic (exact) mass is 429 g/mol. The molecule has 1 saturated heterocycles. The van der Waals surface area contributed by atoms with Crippen molar-refractivity contribution in [2.75, 3.05) is 24.7 Å². The van der Waals surface area contributed by atoms with Crippen molar-refractivity contribution in [2.45, 2.75) is 16.9 Å². The van der Waals surface area contributed by atoms with Crippen molar-refractivity contribution in [3.63, 3.8) is 0 Å². The van der Waals surface area contributed by atoms with E-state index < -0.39 is 39.8 Å². The molecule has 156 valence electrons. The molecule has 9 nitrogen and oxygen atoms in total. The lowest BCUT2D eigenvalue weighted by Crippen LogP contribution is -2.48. The van der Waals surface area contributed by atoms with E-state index in [1.807, 2.05) is 0 Å². The van der Waals surface area contributed by atoms with Crippen molar-refractivity contribution < 1.29 is 27.5 Å². The minimum atomic E-state index is -3.35. The van der Waals surface area contributed by atoms with E-state index in [2.05, 4.69) is 10.6 Å². The van der Waals surface area contributed by atoms with Gasteiger partial charge in [-0.05, 0) is 30.3 Å². The summed E-state index contributed by atoms with van der Waals surface area (Å²) < 4.78 is 28.6. The number of sulfone groups is 1. The molecule has 2 aromatic rings. The molecule has 2 N–H and O–H groups in total. The molecule has 0 aromatic heterocycles. The van der Waals surface area contributed by atoms with Gasteiger partial charge in [0.1, 0.15) is 12.3 Å². The Hall–Kier alpha value is -3.40. The number of anilines is 1. The molecule has 1 unspecified atom stereocenters. The summed E-state index contributed by atoms with van der Waals surface area (Å²) in [6.07, 6.45) is 1.35. The topological polar surface area (TPSA) is 122 Å². The average Bonchev–Trinajstić information content (AvgIpc) is 2.93. The molecule has 4 amide bonds. The van der Waals surface area contributed by atoms with Gasteiger partial charge in [-0.2, -0.15) is 0 Å². The van der Waals surface area contributed by atoms with E-state index in [4.69, 9.17) is 4.74 Å². The number of imide groups is 1. The van der Waals surface area contributed by atoms with Crippen LogP contribution in [0.25, 0.3) is 0 Å². The van der Waals surface area contributed by atoms with Crippen molar-refractivity contribution in [3.8, 4) is 5.75 Å². The van der Waals surface area contributed by atoms with Crippen molar-refractivity contribution >= 4 is 33.4 Å². The maximum atomic E-state index is 13.1. The number of hydrogen-bond acceptors (Lipinski definition) is 6. The molecule has 2 heterocycles. The molecule has 0 bridgehead atoms. The van der Waals surface area contributed by atoms with E-state index in [9.17, 15) is 22.8 Å². The first-order valence-corrected chi connectivity index (χ1v) is 11.1. The molecule has 30 heavy (non-hydrogen) atoms. The number of para-hydroxylation sites is 1. The zero-order valence-corrected chi connectivity index (χ0v) is 16.9. The molecule has 10 heteroatoms. The van der Waals surface area contributed by atoms with Crippen LogP contribution < -0.4 is 15.4 Å². The quantitative estimate of drug-likeness (QED) is 0.706. The molecule has 1 spiro atoms. The summed E-state index contributed by atoms with van der Waals surface area (Å²) in [7, 11) is -3.35. The Bertz CT molecular complexity index is 1150. The van der Waals surface area contributed by atoms with Gasteiger partial charge in [0.15, 0.2) is 15.4 Å². The first-order valence-electron chi connectivity index (χ1n) is 9.17. The highest BCUT2D eigenvalue weighted by molar-refractivity contribution is 7.90. The minimum Gasteiger partial charge on any atom is -0.493 e. The molecule has 0 aliphatic carbocycles. The Morgan fingerprint density at radius 1 is 1.17 bits per heavy atom. The van der Waals surface area contributed by atoms with Crippen LogP contribution in [0.4, 0.5) is 10.5 Å². The molecule has 2 aliphatic heterocycles. The van der Waals surface area contributed by atoms with Gasteiger partial charge in [-0.25, -0.2) is 13.2 Å². The third kappa shape index (κ3) is 3.39. The average molecular weight is 429 g/mol. The predicted molar refractivity (Wildman–Crippen MR) is 107 cm³/mol. The fourth-order valence-corrected chi connectivity index (χ4v) is 4.28. The van der Waals surface area contributed by atoms with Gasteiger partial charge in [-0.15, -0.1) is 0 Å². The summed E-state index contributed by atoms with van der Waals surface area (Å²) in [5, 5.41) is 5.30. The number of hydrogen-bond donors (Lipinski definition) is 2. The fourth-order valence-electron chi connectivity index (χ4n) is 3.65. The van der Waals surface area contributed by atoms with Gasteiger partial charge in [-0.3, -0.25) is 14.5 Å². The minimum absolute atomic E-state index is 0.120. The highest BCUT2D eigenvalue weighted by Crippen LogP contribution is 2.40. The number of fused-ring (bicyclic) bond motifs is 2. The van der Waals surface area contributed by atoms with Crippen molar-refractivity contribution in [2.24, 2.45) is 0 Å². The van der Waals surface area contributed by atoms with Crippen molar-refractivity contribution in [1.82, 2.24) is 10.2 Å². The molecule has 2 aliphatic rings. The van der Waals surface area contributed by atoms with Gasteiger partial charge in [0.25, 0.3) is 5.91 Å². The molecule has 1 fully saturated rings. The largest absolute Gasteiger partial charge is 0.493 e. The summed E-state index contributed by atoms with van der Waals surface area (Å²) in [5.74, 6) is -0.566. The van der Waals surface area contributed by atoms with Crippen LogP contribution in [0.5, 0.6) is 5.75 Å². The lowest BCUT2D eigenvalue weighted by Gasteiger charge is -2.33. The summed E-state index contributed by atoms with van der Waals surface area (Å²) in [6, 6.07) is 11.9. The molecule has 1 atom stereocenters. The predicted octanol–water partition coefficient (Wildman–Crippen LogP) is 1.26. The second-order valence-corrected chi connectivity index (χ2v) is 9.18. The van der Waals surface area contributed by atoms with Crippen LogP contribution in [0.1, 0.15) is 12.0 Å². The van der Waals surface area contributed by atoms with Crippen LogP contribution in [-0.4, -0.2) is 50.6 Å². The molecule has 0 radical (unpaired) electrons. The Morgan fingerprint density at radius 2 is 1.87 bits per heavy atom. The number of benzene rings is 2. The summed E-state index contributed by atoms with van der Waals surface area (Å²) >= 11 is 0. The van der Waals surface area contributed by atoms with Crippen LogP contribution in [0.2, 0.25) is 0 Å². The standard InChI is InChI=1S/C20H19N3O6S/c1-30(27,28)14-8-6-13(7-9-14)21-17(24)12-23-18(25)20(22-19(23)26)10-11-29-16-5-3-2-4-15(16)20/h2-9H,10-12H2,1H3,(H,21,24)(H,22,26). The van der Waals surface area contributed by atoms with Crippen LogP contribution in [0.15, 0.2) is 53.4 Å². The Kier molecular flexibility index (Phi) is 4.73. The summed E-state index contributed by atoms with van der Waals surface area (Å²) in [6.45, 7) is -0.209. The van der Waals surface area contributed by atoms with Crippen molar-refractivity contribution in [3.05, 3.63) is 54.1 Å². The zero-order valence-electron chi connectivity index (χ0n) is 16.0. The third-order valence-corrected chi connectivity index (χ3v) is 6.25.